The molecule has 0 spiro atoms. The Hall–Kier alpha value is -3.30. The van der Waals surface area contributed by atoms with Gasteiger partial charge in [-0.3, -0.25) is 10.1 Å². The highest BCUT2D eigenvalue weighted by Gasteiger charge is 2.39. The van der Waals surface area contributed by atoms with Crippen molar-refractivity contribution in [1.29, 1.82) is 0 Å². The summed E-state index contributed by atoms with van der Waals surface area (Å²) in [4.78, 5) is 15.1. The second-order valence-electron chi connectivity index (χ2n) is 8.81. The minimum absolute atomic E-state index is 0.132. The molecule has 1 aliphatic rings. The zero-order chi connectivity index (χ0) is 23.8. The number of nitrogens with one attached hydrogen (secondary N) is 2. The Morgan fingerprint density at radius 2 is 1.88 bits per heavy atom. The van der Waals surface area contributed by atoms with Gasteiger partial charge in [-0.1, -0.05) is 39.0 Å². The number of nitrogens with zero attached hydrogens (tertiary/aromatic N) is 2. The summed E-state index contributed by atoms with van der Waals surface area (Å²) in [5.74, 6) is 0.132. The largest absolute Gasteiger partial charge is 0.334 e. The maximum atomic E-state index is 13.1. The fourth-order valence-corrected chi connectivity index (χ4v) is 5.53. The van der Waals surface area contributed by atoms with Gasteiger partial charge in [0.15, 0.2) is 0 Å². The Kier molecular flexibility index (Phi) is 5.94. The molecule has 0 saturated carbocycles. The molecular formula is C24H26N4O4S. The molecule has 0 aliphatic heterocycles. The summed E-state index contributed by atoms with van der Waals surface area (Å²) >= 11 is 0. The second kappa shape index (κ2) is 8.57. The molecule has 2 aromatic carbocycles. The topological polar surface area (TPSA) is 114 Å². The van der Waals surface area contributed by atoms with Gasteiger partial charge in [0.05, 0.1) is 9.82 Å². The first-order valence-electron chi connectivity index (χ1n) is 10.7. The molecule has 0 saturated heterocycles. The van der Waals surface area contributed by atoms with E-state index >= 15 is 0 Å². The summed E-state index contributed by atoms with van der Waals surface area (Å²) in [6, 6.07) is 15.0. The van der Waals surface area contributed by atoms with Gasteiger partial charge in [-0.25, -0.2) is 18.1 Å². The maximum absolute atomic E-state index is 13.1. The fourth-order valence-electron chi connectivity index (χ4n) is 4.32. The lowest BCUT2D eigenvalue weighted by Crippen LogP contribution is -2.28. The number of pyridine rings is 1. The van der Waals surface area contributed by atoms with Crippen LogP contribution in [0, 0.1) is 10.1 Å². The summed E-state index contributed by atoms with van der Waals surface area (Å²) < 4.78 is 29.0. The van der Waals surface area contributed by atoms with Crippen LogP contribution in [-0.2, 0) is 21.9 Å². The second-order valence-corrected chi connectivity index (χ2v) is 10.5. The number of aryl methyl sites for hydroxylation is 1. The number of benzene rings is 2. The molecule has 4 rings (SSSR count). The zero-order valence-corrected chi connectivity index (χ0v) is 19.5. The molecule has 2 N–H and O–H groups in total. The Labute approximate surface area is 193 Å². The fraction of sp³-hybridized carbons (Fsp3) is 0.292. The van der Waals surface area contributed by atoms with Crippen LogP contribution in [0.25, 0.3) is 0 Å². The van der Waals surface area contributed by atoms with E-state index in [9.17, 15) is 18.5 Å². The summed E-state index contributed by atoms with van der Waals surface area (Å²) in [6.07, 6.45) is 2.91. The van der Waals surface area contributed by atoms with Crippen molar-refractivity contribution in [2.24, 2.45) is 0 Å². The third-order valence-corrected chi connectivity index (χ3v) is 7.54. The summed E-state index contributed by atoms with van der Waals surface area (Å²) in [7, 11) is -3.72. The Balaban J connectivity index is 1.65. The van der Waals surface area contributed by atoms with Crippen molar-refractivity contribution in [2.45, 2.75) is 50.0 Å². The minimum atomic E-state index is -3.72. The highest BCUT2D eigenvalue weighted by molar-refractivity contribution is 7.89. The van der Waals surface area contributed by atoms with Crippen molar-refractivity contribution >= 4 is 27.2 Å². The van der Waals surface area contributed by atoms with Gasteiger partial charge in [0.25, 0.3) is 0 Å². The minimum Gasteiger partial charge on any atom is -0.334 e. The highest BCUT2D eigenvalue weighted by Crippen LogP contribution is 2.46. The highest BCUT2D eigenvalue weighted by atomic mass is 32.2. The van der Waals surface area contributed by atoms with Crippen LogP contribution in [0.5, 0.6) is 0 Å². The molecule has 1 aliphatic carbocycles. The van der Waals surface area contributed by atoms with E-state index in [0.717, 1.165) is 23.1 Å². The van der Waals surface area contributed by atoms with Crippen molar-refractivity contribution in [2.75, 3.05) is 5.32 Å². The smallest absolute Gasteiger partial charge is 0.311 e. The quantitative estimate of drug-likeness (QED) is 0.374. The van der Waals surface area contributed by atoms with E-state index < -0.39 is 21.0 Å². The average molecular weight is 467 g/mol. The predicted molar refractivity (Wildman–Crippen MR) is 127 cm³/mol. The Bertz CT molecular complexity index is 1300. The monoisotopic (exact) mass is 466 g/mol. The van der Waals surface area contributed by atoms with Crippen molar-refractivity contribution in [3.8, 4) is 0 Å². The lowest BCUT2D eigenvalue weighted by molar-refractivity contribution is -0.384. The standard InChI is InChI=1S/C24H26N4O4S/c1-4-16-7-10-18(11-8-16)33(31,32)27-21-15-24(2,3)20-12-9-17(14-19(20)21)26-23-22(28(29)30)6-5-13-25-23/h5-14,21,27H,4,15H2,1-3H3,(H,25,26). The Morgan fingerprint density at radius 3 is 2.55 bits per heavy atom. The maximum Gasteiger partial charge on any atom is 0.311 e. The molecule has 0 fully saturated rings. The van der Waals surface area contributed by atoms with Gasteiger partial charge in [0.1, 0.15) is 0 Å². The number of anilines is 2. The number of rotatable bonds is 7. The average Bonchev–Trinajstić information content (AvgIpc) is 3.02. The van der Waals surface area contributed by atoms with Crippen molar-refractivity contribution in [1.82, 2.24) is 9.71 Å². The van der Waals surface area contributed by atoms with Gasteiger partial charge in [-0.05, 0) is 65.3 Å². The number of hydrogen-bond donors (Lipinski definition) is 2. The van der Waals surface area contributed by atoms with Gasteiger partial charge >= 0.3 is 5.69 Å². The van der Waals surface area contributed by atoms with Crippen LogP contribution in [0.15, 0.2) is 65.7 Å². The van der Waals surface area contributed by atoms with Gasteiger partial charge < -0.3 is 5.32 Å². The van der Waals surface area contributed by atoms with Crippen LogP contribution in [0.4, 0.5) is 17.2 Å². The lowest BCUT2D eigenvalue weighted by atomic mass is 9.86. The van der Waals surface area contributed by atoms with Crippen molar-refractivity contribution in [3.05, 3.63) is 87.6 Å². The molecule has 9 heteroatoms. The Morgan fingerprint density at radius 1 is 1.15 bits per heavy atom. The van der Waals surface area contributed by atoms with Crippen LogP contribution >= 0.6 is 0 Å². The van der Waals surface area contributed by atoms with Crippen molar-refractivity contribution < 1.29 is 13.3 Å². The van der Waals surface area contributed by atoms with Crippen LogP contribution in [0.2, 0.25) is 0 Å². The van der Waals surface area contributed by atoms with Crippen molar-refractivity contribution in [3.63, 3.8) is 0 Å². The van der Waals surface area contributed by atoms with Crippen LogP contribution in [-0.4, -0.2) is 18.3 Å². The first-order chi connectivity index (χ1) is 15.6. The molecule has 0 amide bonds. The number of nitro groups is 1. The molecule has 8 nitrogen and oxygen atoms in total. The molecular weight excluding hydrogens is 440 g/mol. The molecule has 1 atom stereocenters. The van der Waals surface area contributed by atoms with E-state index in [0.29, 0.717) is 12.1 Å². The van der Waals surface area contributed by atoms with Crippen LogP contribution < -0.4 is 10.0 Å². The van der Waals surface area contributed by atoms with E-state index in [1.54, 1.807) is 12.1 Å². The first kappa shape index (κ1) is 22.9. The first-order valence-corrected chi connectivity index (χ1v) is 12.2. The number of fused-ring (bicyclic) bond motifs is 1. The molecule has 172 valence electrons. The normalized spacial score (nSPS) is 16.9. The predicted octanol–water partition coefficient (Wildman–Crippen LogP) is 5.00. The molecule has 33 heavy (non-hydrogen) atoms. The van der Waals surface area contributed by atoms with E-state index in [4.69, 9.17) is 0 Å². The summed E-state index contributed by atoms with van der Waals surface area (Å²) in [5, 5.41) is 14.3. The molecule has 0 bridgehead atoms. The zero-order valence-electron chi connectivity index (χ0n) is 18.7. The SMILES string of the molecule is CCc1ccc(S(=O)(=O)NC2CC(C)(C)c3ccc(Nc4ncccc4[N+](=O)[O-])cc32)cc1. The van der Waals surface area contributed by atoms with E-state index in [1.165, 1.54) is 18.3 Å². The third-order valence-electron chi connectivity index (χ3n) is 6.06. The van der Waals surface area contributed by atoms with E-state index in [2.05, 4.69) is 28.9 Å². The lowest BCUT2D eigenvalue weighted by Gasteiger charge is -2.19. The van der Waals surface area contributed by atoms with Gasteiger partial charge in [0, 0.05) is 24.0 Å². The van der Waals surface area contributed by atoms with Gasteiger partial charge in [0.2, 0.25) is 15.8 Å². The van der Waals surface area contributed by atoms with Gasteiger partial charge in [-0.2, -0.15) is 0 Å². The number of aromatic nitrogens is 1. The molecule has 1 heterocycles. The molecule has 0 radical (unpaired) electrons. The summed E-state index contributed by atoms with van der Waals surface area (Å²) in [6.45, 7) is 6.17. The van der Waals surface area contributed by atoms with E-state index in [1.807, 2.05) is 37.3 Å². The molecule has 1 aromatic heterocycles. The third kappa shape index (κ3) is 4.60. The summed E-state index contributed by atoms with van der Waals surface area (Å²) in [5.41, 5.74) is 3.19. The number of hydrogen-bond acceptors (Lipinski definition) is 6. The number of sulfonamides is 1. The van der Waals surface area contributed by atoms with Gasteiger partial charge in [-0.15, -0.1) is 0 Å². The molecule has 3 aromatic rings. The van der Waals surface area contributed by atoms with Crippen LogP contribution in [0.1, 0.15) is 49.9 Å². The van der Waals surface area contributed by atoms with Crippen LogP contribution in [0.3, 0.4) is 0 Å². The molecule has 1 unspecified atom stereocenters. The van der Waals surface area contributed by atoms with E-state index in [-0.39, 0.29) is 21.8 Å².